The molecule has 5 nitrogen and oxygen atoms in total. The summed E-state index contributed by atoms with van der Waals surface area (Å²) in [5.41, 5.74) is 2.93. The van der Waals surface area contributed by atoms with Gasteiger partial charge in [-0.3, -0.25) is 4.79 Å². The molecule has 0 aliphatic heterocycles. The highest BCUT2D eigenvalue weighted by molar-refractivity contribution is 5.94. The summed E-state index contributed by atoms with van der Waals surface area (Å²) in [6, 6.07) is 13.2. The number of aliphatic hydroxyl groups excluding tert-OH is 1. The van der Waals surface area contributed by atoms with Crippen molar-refractivity contribution in [3.05, 3.63) is 65.0 Å². The van der Waals surface area contributed by atoms with Gasteiger partial charge in [0.1, 0.15) is 0 Å². The number of carbonyl (C=O) groups excluding carboxylic acids is 1. The lowest BCUT2D eigenvalue weighted by Crippen LogP contribution is -2.28. The van der Waals surface area contributed by atoms with Crippen LogP contribution < -0.4 is 15.4 Å². The van der Waals surface area contributed by atoms with Crippen molar-refractivity contribution in [1.29, 1.82) is 0 Å². The van der Waals surface area contributed by atoms with Gasteiger partial charge in [-0.15, -0.1) is 0 Å². The molecule has 0 heterocycles. The van der Waals surface area contributed by atoms with Crippen LogP contribution in [0.3, 0.4) is 0 Å². The Kier molecular flexibility index (Phi) is 7.61. The van der Waals surface area contributed by atoms with Gasteiger partial charge in [-0.25, -0.2) is 4.39 Å². The zero-order chi connectivity index (χ0) is 20.6. The number of hydrogen-bond acceptors (Lipinski definition) is 4. The first-order chi connectivity index (χ1) is 14.1. The predicted molar refractivity (Wildman–Crippen MR) is 111 cm³/mol. The molecule has 0 radical (unpaired) electrons. The highest BCUT2D eigenvalue weighted by atomic mass is 19.1. The van der Waals surface area contributed by atoms with E-state index in [2.05, 4.69) is 10.6 Å². The molecule has 3 rings (SSSR count). The van der Waals surface area contributed by atoms with E-state index in [1.807, 2.05) is 24.3 Å². The maximum atomic E-state index is 13.5. The Bertz CT molecular complexity index is 810. The van der Waals surface area contributed by atoms with Gasteiger partial charge in [0.05, 0.1) is 13.7 Å². The third-order valence-electron chi connectivity index (χ3n) is 5.54. The van der Waals surface area contributed by atoms with Gasteiger partial charge >= 0.3 is 0 Å². The Morgan fingerprint density at radius 3 is 2.69 bits per heavy atom. The maximum absolute atomic E-state index is 13.5. The molecule has 156 valence electrons. The average Bonchev–Trinajstić information content (AvgIpc) is 3.22. The smallest absolute Gasteiger partial charge is 0.251 e. The summed E-state index contributed by atoms with van der Waals surface area (Å²) in [4.78, 5) is 11.9. The van der Waals surface area contributed by atoms with Crippen LogP contribution in [0.25, 0.3) is 0 Å². The molecule has 6 heteroatoms. The van der Waals surface area contributed by atoms with Crippen LogP contribution in [0.4, 0.5) is 4.39 Å². The van der Waals surface area contributed by atoms with Crippen molar-refractivity contribution in [1.82, 2.24) is 10.6 Å². The fourth-order valence-electron chi connectivity index (χ4n) is 3.93. The summed E-state index contributed by atoms with van der Waals surface area (Å²) in [7, 11) is 1.48. The number of hydrogen-bond donors (Lipinski definition) is 3. The van der Waals surface area contributed by atoms with Crippen LogP contribution in [0.2, 0.25) is 0 Å². The van der Waals surface area contributed by atoms with Crippen LogP contribution in [0, 0.1) is 5.82 Å². The van der Waals surface area contributed by atoms with Gasteiger partial charge in [0, 0.05) is 18.2 Å². The summed E-state index contributed by atoms with van der Waals surface area (Å²) in [6.07, 6.45) is 4.15. The first-order valence-corrected chi connectivity index (χ1v) is 10.2. The number of halogens is 1. The van der Waals surface area contributed by atoms with Crippen LogP contribution >= 0.6 is 0 Å². The van der Waals surface area contributed by atoms with Crippen LogP contribution in [-0.4, -0.2) is 43.9 Å². The van der Waals surface area contributed by atoms with E-state index in [1.165, 1.54) is 18.7 Å². The summed E-state index contributed by atoms with van der Waals surface area (Å²) >= 11 is 0. The quantitative estimate of drug-likeness (QED) is 0.605. The molecule has 1 amide bonds. The van der Waals surface area contributed by atoms with E-state index in [0.717, 1.165) is 37.8 Å². The fraction of sp³-hybridized carbons (Fsp3) is 0.435. The summed E-state index contributed by atoms with van der Waals surface area (Å²) in [5.74, 6) is 0.290. The summed E-state index contributed by atoms with van der Waals surface area (Å²) < 4.78 is 18.5. The molecule has 0 unspecified atom stereocenters. The lowest BCUT2D eigenvalue weighted by Gasteiger charge is -2.14. The van der Waals surface area contributed by atoms with E-state index >= 15 is 0 Å². The second kappa shape index (κ2) is 10.4. The molecule has 1 saturated carbocycles. The van der Waals surface area contributed by atoms with Crippen molar-refractivity contribution >= 4 is 5.91 Å². The number of aliphatic hydroxyl groups is 1. The van der Waals surface area contributed by atoms with Crippen molar-refractivity contribution in [3.8, 4) is 5.75 Å². The van der Waals surface area contributed by atoms with Gasteiger partial charge in [0.25, 0.3) is 5.91 Å². The van der Waals surface area contributed by atoms with Gasteiger partial charge in [0.2, 0.25) is 0 Å². The van der Waals surface area contributed by atoms with Gasteiger partial charge < -0.3 is 20.5 Å². The minimum Gasteiger partial charge on any atom is -0.494 e. The number of ether oxygens (including phenoxy) is 1. The zero-order valence-electron chi connectivity index (χ0n) is 16.8. The summed E-state index contributed by atoms with van der Waals surface area (Å²) in [6.45, 7) is 1.05. The maximum Gasteiger partial charge on any atom is 0.251 e. The Morgan fingerprint density at radius 1 is 1.17 bits per heavy atom. The first kappa shape index (κ1) is 21.3. The molecule has 2 aromatic rings. The third kappa shape index (κ3) is 5.78. The molecule has 0 aromatic heterocycles. The van der Waals surface area contributed by atoms with Gasteiger partial charge in [-0.2, -0.15) is 0 Å². The molecule has 2 atom stereocenters. The Labute approximate surface area is 171 Å². The Morgan fingerprint density at radius 2 is 1.97 bits per heavy atom. The zero-order valence-corrected chi connectivity index (χ0v) is 16.8. The molecular weight excluding hydrogens is 371 g/mol. The minimum atomic E-state index is -0.334. The van der Waals surface area contributed by atoms with Gasteiger partial charge in [-0.05, 0) is 73.5 Å². The Balaban J connectivity index is 1.46. The molecule has 1 aliphatic rings. The molecule has 3 N–H and O–H groups in total. The molecule has 2 aromatic carbocycles. The number of methoxy groups -OCH3 is 1. The van der Waals surface area contributed by atoms with E-state index in [1.54, 1.807) is 12.1 Å². The second-order valence-electron chi connectivity index (χ2n) is 7.48. The molecule has 29 heavy (non-hydrogen) atoms. The van der Waals surface area contributed by atoms with E-state index in [0.29, 0.717) is 17.5 Å². The molecule has 0 saturated heterocycles. The van der Waals surface area contributed by atoms with Gasteiger partial charge in [0.15, 0.2) is 11.6 Å². The van der Waals surface area contributed by atoms with Crippen molar-refractivity contribution in [2.75, 3.05) is 26.8 Å². The predicted octanol–water partition coefficient (Wildman–Crippen LogP) is 3.02. The largest absolute Gasteiger partial charge is 0.494 e. The molecule has 1 fully saturated rings. The minimum absolute atomic E-state index is 0.0605. The van der Waals surface area contributed by atoms with Crippen molar-refractivity contribution in [2.24, 2.45) is 0 Å². The fourth-order valence-corrected chi connectivity index (χ4v) is 3.93. The lowest BCUT2D eigenvalue weighted by molar-refractivity contribution is 0.0944. The topological polar surface area (TPSA) is 70.6 Å². The lowest BCUT2D eigenvalue weighted by atomic mass is 9.96. The number of amides is 1. The molecule has 0 bridgehead atoms. The van der Waals surface area contributed by atoms with Crippen molar-refractivity contribution in [2.45, 2.75) is 37.6 Å². The van der Waals surface area contributed by atoms with E-state index in [9.17, 15) is 9.18 Å². The monoisotopic (exact) mass is 400 g/mol. The third-order valence-corrected chi connectivity index (χ3v) is 5.54. The SMILES string of the molecule is COc1cc(CCN[C@H]2CC[C@@H](c3ccc(C(=O)NCCO)cc3)C2)ccc1F. The van der Waals surface area contributed by atoms with Crippen molar-refractivity contribution in [3.63, 3.8) is 0 Å². The number of nitrogens with one attached hydrogen (secondary N) is 2. The van der Waals surface area contributed by atoms with Gasteiger partial charge in [-0.1, -0.05) is 18.2 Å². The van der Waals surface area contributed by atoms with Crippen LogP contribution in [-0.2, 0) is 6.42 Å². The number of benzene rings is 2. The molecule has 1 aliphatic carbocycles. The van der Waals surface area contributed by atoms with E-state index in [-0.39, 0.29) is 30.6 Å². The van der Waals surface area contributed by atoms with Crippen LogP contribution in [0.5, 0.6) is 5.75 Å². The second-order valence-corrected chi connectivity index (χ2v) is 7.48. The standard InChI is InChI=1S/C23H29FN2O3/c1-29-22-14-16(2-9-21(22)24)10-11-25-20-8-7-19(15-20)17-3-5-18(6-4-17)23(28)26-12-13-27/h2-6,9,14,19-20,25,27H,7-8,10-13,15H2,1H3,(H,26,28)/t19-,20+/m1/s1. The number of carbonyl (C=O) groups is 1. The van der Waals surface area contributed by atoms with E-state index in [4.69, 9.17) is 9.84 Å². The highest BCUT2D eigenvalue weighted by Crippen LogP contribution is 2.34. The molecule has 0 spiro atoms. The number of rotatable bonds is 9. The van der Waals surface area contributed by atoms with Crippen molar-refractivity contribution < 1.29 is 19.0 Å². The first-order valence-electron chi connectivity index (χ1n) is 10.2. The summed E-state index contributed by atoms with van der Waals surface area (Å²) in [5, 5.41) is 15.1. The normalized spacial score (nSPS) is 18.6. The average molecular weight is 400 g/mol. The highest BCUT2D eigenvalue weighted by Gasteiger charge is 2.25. The molecular formula is C23H29FN2O3. The van der Waals surface area contributed by atoms with E-state index < -0.39 is 0 Å². The van der Waals surface area contributed by atoms with Crippen LogP contribution in [0.15, 0.2) is 42.5 Å². The Hall–Kier alpha value is -2.44. The van der Waals surface area contributed by atoms with Crippen LogP contribution in [0.1, 0.15) is 46.7 Å².